The number of hydrogen-bond acceptors (Lipinski definition) is 4. The van der Waals surface area contributed by atoms with Crippen LogP contribution in [-0.4, -0.2) is 36.0 Å². The SMILES string of the molecule is COc1ccc(C2(c3ccccc3)CN=C3SCCN32)cc1. The molecular weight excluding hydrogens is 292 g/mol. The number of nitrogens with zero attached hydrogens (tertiary/aromatic N) is 2. The van der Waals surface area contributed by atoms with E-state index < -0.39 is 0 Å². The molecule has 2 aromatic rings. The van der Waals surface area contributed by atoms with Crippen molar-refractivity contribution in [1.29, 1.82) is 0 Å². The van der Waals surface area contributed by atoms with Gasteiger partial charge in [0.2, 0.25) is 0 Å². The Morgan fingerprint density at radius 3 is 2.50 bits per heavy atom. The number of ether oxygens (including phenoxy) is 1. The van der Waals surface area contributed by atoms with E-state index in [9.17, 15) is 0 Å². The predicted octanol–water partition coefficient (Wildman–Crippen LogP) is 3.36. The third-order valence-corrected chi connectivity index (χ3v) is 5.49. The highest BCUT2D eigenvalue weighted by atomic mass is 32.2. The monoisotopic (exact) mass is 310 g/mol. The summed E-state index contributed by atoms with van der Waals surface area (Å²) in [5.74, 6) is 2.01. The number of thioether (sulfide) groups is 1. The molecule has 1 saturated heterocycles. The van der Waals surface area contributed by atoms with E-state index >= 15 is 0 Å². The van der Waals surface area contributed by atoms with Gasteiger partial charge in [0.25, 0.3) is 0 Å². The number of rotatable bonds is 3. The highest BCUT2D eigenvalue weighted by molar-refractivity contribution is 8.14. The number of benzene rings is 2. The molecule has 2 aliphatic heterocycles. The lowest BCUT2D eigenvalue weighted by molar-refractivity contribution is 0.273. The fourth-order valence-electron chi connectivity index (χ4n) is 3.40. The fourth-order valence-corrected chi connectivity index (χ4v) is 4.41. The third kappa shape index (κ3) is 1.94. The molecule has 1 atom stereocenters. The number of methoxy groups -OCH3 is 1. The summed E-state index contributed by atoms with van der Waals surface area (Å²) < 4.78 is 5.31. The standard InChI is InChI=1S/C18H18N2OS/c1-21-16-9-7-15(8-10-16)18(14-5-3-2-4-6-14)13-19-17-20(18)11-12-22-17/h2-10H,11-13H2,1H3. The molecule has 0 N–H and O–H groups in total. The molecule has 22 heavy (non-hydrogen) atoms. The number of fused-ring (bicyclic) bond motifs is 1. The van der Waals surface area contributed by atoms with E-state index in [1.54, 1.807) is 7.11 Å². The van der Waals surface area contributed by atoms with E-state index in [-0.39, 0.29) is 5.54 Å². The summed E-state index contributed by atoms with van der Waals surface area (Å²) in [6.45, 7) is 1.83. The molecule has 0 amide bonds. The summed E-state index contributed by atoms with van der Waals surface area (Å²) >= 11 is 1.86. The summed E-state index contributed by atoms with van der Waals surface area (Å²) in [5, 5.41) is 1.18. The van der Waals surface area contributed by atoms with Gasteiger partial charge in [-0.15, -0.1) is 0 Å². The Morgan fingerprint density at radius 1 is 1.05 bits per heavy atom. The van der Waals surface area contributed by atoms with Gasteiger partial charge < -0.3 is 9.64 Å². The molecule has 4 rings (SSSR count). The molecule has 0 aliphatic carbocycles. The zero-order chi connectivity index (χ0) is 15.0. The van der Waals surface area contributed by atoms with E-state index in [2.05, 4.69) is 47.4 Å². The largest absolute Gasteiger partial charge is 0.497 e. The number of aliphatic imine (C=N–C) groups is 1. The molecule has 0 bridgehead atoms. The first kappa shape index (κ1) is 13.7. The van der Waals surface area contributed by atoms with Crippen LogP contribution >= 0.6 is 11.8 Å². The smallest absolute Gasteiger partial charge is 0.160 e. The second kappa shape index (κ2) is 5.36. The van der Waals surface area contributed by atoms with Crippen LogP contribution in [0, 0.1) is 0 Å². The van der Waals surface area contributed by atoms with E-state index in [1.165, 1.54) is 16.3 Å². The zero-order valence-electron chi connectivity index (χ0n) is 12.5. The van der Waals surface area contributed by atoms with Gasteiger partial charge in [-0.05, 0) is 23.3 Å². The Labute approximate surface area is 135 Å². The van der Waals surface area contributed by atoms with Crippen molar-refractivity contribution < 1.29 is 4.74 Å². The van der Waals surface area contributed by atoms with Crippen LogP contribution in [0.15, 0.2) is 59.6 Å². The Balaban J connectivity index is 1.86. The van der Waals surface area contributed by atoms with Crippen LogP contribution in [0.1, 0.15) is 11.1 Å². The molecule has 2 heterocycles. The predicted molar refractivity (Wildman–Crippen MR) is 91.7 cm³/mol. The molecule has 3 nitrogen and oxygen atoms in total. The van der Waals surface area contributed by atoms with E-state index in [1.807, 2.05) is 23.9 Å². The molecular formula is C18H18N2OS. The average molecular weight is 310 g/mol. The Morgan fingerprint density at radius 2 is 1.77 bits per heavy atom. The van der Waals surface area contributed by atoms with Crippen LogP contribution in [-0.2, 0) is 5.54 Å². The summed E-state index contributed by atoms with van der Waals surface area (Å²) in [6, 6.07) is 19.2. The van der Waals surface area contributed by atoms with E-state index in [0.717, 1.165) is 24.6 Å². The highest BCUT2D eigenvalue weighted by Gasteiger charge is 2.47. The lowest BCUT2D eigenvalue weighted by atomic mass is 9.82. The highest BCUT2D eigenvalue weighted by Crippen LogP contribution is 2.44. The van der Waals surface area contributed by atoms with Crippen LogP contribution in [0.4, 0.5) is 0 Å². The third-order valence-electron chi connectivity index (χ3n) is 4.50. The van der Waals surface area contributed by atoms with Crippen molar-refractivity contribution in [2.75, 3.05) is 26.0 Å². The summed E-state index contributed by atoms with van der Waals surface area (Å²) in [4.78, 5) is 7.29. The maximum absolute atomic E-state index is 5.31. The van der Waals surface area contributed by atoms with Gasteiger partial charge in [-0.2, -0.15) is 0 Å². The second-order valence-electron chi connectivity index (χ2n) is 5.55. The lowest BCUT2D eigenvalue weighted by Crippen LogP contribution is -2.45. The Hall–Kier alpha value is -1.94. The summed E-state index contributed by atoms with van der Waals surface area (Å²) in [7, 11) is 1.70. The van der Waals surface area contributed by atoms with Crippen molar-refractivity contribution in [3.8, 4) is 5.75 Å². The topological polar surface area (TPSA) is 24.8 Å². The van der Waals surface area contributed by atoms with Crippen LogP contribution in [0.25, 0.3) is 0 Å². The molecule has 4 heteroatoms. The first-order valence-electron chi connectivity index (χ1n) is 7.49. The van der Waals surface area contributed by atoms with Gasteiger partial charge in [0.05, 0.1) is 13.7 Å². The maximum Gasteiger partial charge on any atom is 0.160 e. The quantitative estimate of drug-likeness (QED) is 0.869. The van der Waals surface area contributed by atoms with Crippen LogP contribution in [0.2, 0.25) is 0 Å². The molecule has 1 unspecified atom stereocenters. The van der Waals surface area contributed by atoms with Gasteiger partial charge in [0.15, 0.2) is 5.17 Å². The molecule has 2 aliphatic rings. The molecule has 2 aromatic carbocycles. The minimum Gasteiger partial charge on any atom is -0.497 e. The number of amidine groups is 1. The number of hydrogen-bond donors (Lipinski definition) is 0. The Kier molecular flexibility index (Phi) is 3.34. The van der Waals surface area contributed by atoms with Crippen molar-refractivity contribution in [1.82, 2.24) is 4.90 Å². The van der Waals surface area contributed by atoms with Gasteiger partial charge in [-0.1, -0.05) is 54.2 Å². The average Bonchev–Trinajstić information content (AvgIpc) is 3.18. The van der Waals surface area contributed by atoms with Gasteiger partial charge in [-0.3, -0.25) is 4.99 Å². The maximum atomic E-state index is 5.31. The van der Waals surface area contributed by atoms with E-state index in [4.69, 9.17) is 9.73 Å². The Bertz CT molecular complexity index is 699. The van der Waals surface area contributed by atoms with Crippen molar-refractivity contribution >= 4 is 16.9 Å². The normalized spacial score (nSPS) is 23.3. The lowest BCUT2D eigenvalue weighted by Gasteiger charge is -2.38. The van der Waals surface area contributed by atoms with Crippen molar-refractivity contribution in [3.63, 3.8) is 0 Å². The van der Waals surface area contributed by atoms with Gasteiger partial charge in [-0.25, -0.2) is 0 Å². The van der Waals surface area contributed by atoms with Crippen LogP contribution in [0.5, 0.6) is 5.75 Å². The van der Waals surface area contributed by atoms with E-state index in [0.29, 0.717) is 0 Å². The molecule has 112 valence electrons. The van der Waals surface area contributed by atoms with Gasteiger partial charge >= 0.3 is 0 Å². The molecule has 0 saturated carbocycles. The summed E-state index contributed by atoms with van der Waals surface area (Å²) in [5.41, 5.74) is 2.41. The molecule has 0 spiro atoms. The van der Waals surface area contributed by atoms with Gasteiger partial charge in [0.1, 0.15) is 11.3 Å². The first-order valence-corrected chi connectivity index (χ1v) is 8.48. The first-order chi connectivity index (χ1) is 10.8. The minimum absolute atomic E-state index is 0.174. The van der Waals surface area contributed by atoms with Crippen LogP contribution < -0.4 is 4.74 Å². The molecule has 0 aromatic heterocycles. The van der Waals surface area contributed by atoms with Crippen molar-refractivity contribution in [2.45, 2.75) is 5.54 Å². The molecule has 1 fully saturated rings. The fraction of sp³-hybridized carbons (Fsp3) is 0.278. The van der Waals surface area contributed by atoms with Crippen molar-refractivity contribution in [3.05, 3.63) is 65.7 Å². The van der Waals surface area contributed by atoms with Gasteiger partial charge in [0, 0.05) is 12.3 Å². The minimum atomic E-state index is -0.174. The second-order valence-corrected chi connectivity index (χ2v) is 6.62. The molecule has 0 radical (unpaired) electrons. The van der Waals surface area contributed by atoms with Crippen molar-refractivity contribution in [2.24, 2.45) is 4.99 Å². The summed E-state index contributed by atoms with van der Waals surface area (Å²) in [6.07, 6.45) is 0. The zero-order valence-corrected chi connectivity index (χ0v) is 13.3. The van der Waals surface area contributed by atoms with Crippen LogP contribution in [0.3, 0.4) is 0 Å².